The van der Waals surface area contributed by atoms with E-state index in [0.717, 1.165) is 16.6 Å². The number of hydrogen-bond acceptors (Lipinski definition) is 5. The summed E-state index contributed by atoms with van der Waals surface area (Å²) >= 11 is 0. The average Bonchev–Trinajstić information content (AvgIpc) is 2.51. The lowest BCUT2D eigenvalue weighted by Gasteiger charge is -2.20. The van der Waals surface area contributed by atoms with Crippen LogP contribution in [-0.2, 0) is 9.53 Å². The molecule has 0 aliphatic carbocycles. The summed E-state index contributed by atoms with van der Waals surface area (Å²) in [5.74, 6) is -1.18. The number of rotatable bonds is 4. The number of methoxy groups -OCH3 is 1. The van der Waals surface area contributed by atoms with E-state index in [9.17, 15) is 14.7 Å². The minimum atomic E-state index is -1.76. The summed E-state index contributed by atoms with van der Waals surface area (Å²) < 4.78 is 4.47. The smallest absolute Gasteiger partial charge is 0.339 e. The molecule has 1 unspecified atom stereocenters. The van der Waals surface area contributed by atoms with E-state index in [1.54, 1.807) is 18.2 Å². The third-order valence-corrected chi connectivity index (χ3v) is 3.31. The Bertz CT molecular complexity index is 725. The number of nitrogens with zero attached hydrogens (tertiary/aromatic N) is 1. The molecule has 1 amide bonds. The van der Waals surface area contributed by atoms with Crippen LogP contribution >= 0.6 is 0 Å². The summed E-state index contributed by atoms with van der Waals surface area (Å²) in [7, 11) is 1.18. The molecule has 0 saturated carbocycles. The Morgan fingerprint density at radius 3 is 2.73 bits per heavy atom. The third-order valence-electron chi connectivity index (χ3n) is 3.31. The molecule has 1 atom stereocenters. The standard InChI is InChI=1S/C16H18N2O4/c1-10-4-5-11-8-12(6-7-13(11)18-10)14(19)17-9-16(2,21)15(20)22-3/h4-8,21H,9H2,1-3H3,(H,17,19). The number of carbonyl (C=O) groups excluding carboxylic acids is 2. The van der Waals surface area contributed by atoms with Gasteiger partial charge in [-0.25, -0.2) is 4.79 Å². The van der Waals surface area contributed by atoms with Gasteiger partial charge in [0.2, 0.25) is 0 Å². The largest absolute Gasteiger partial charge is 0.467 e. The molecule has 0 spiro atoms. The van der Waals surface area contributed by atoms with Crippen LogP contribution in [0.25, 0.3) is 10.9 Å². The fourth-order valence-electron chi connectivity index (χ4n) is 2.02. The first kappa shape index (κ1) is 15.9. The molecule has 2 aromatic rings. The molecule has 116 valence electrons. The molecular formula is C16H18N2O4. The van der Waals surface area contributed by atoms with Crippen LogP contribution in [0.3, 0.4) is 0 Å². The van der Waals surface area contributed by atoms with Crippen LogP contribution in [0.4, 0.5) is 0 Å². The molecule has 6 heteroatoms. The van der Waals surface area contributed by atoms with Gasteiger partial charge in [0.05, 0.1) is 19.2 Å². The van der Waals surface area contributed by atoms with Crippen molar-refractivity contribution in [3.63, 3.8) is 0 Å². The zero-order valence-corrected chi connectivity index (χ0v) is 12.7. The Hall–Kier alpha value is -2.47. The molecule has 0 fully saturated rings. The Morgan fingerprint density at radius 2 is 2.05 bits per heavy atom. The molecule has 0 radical (unpaired) electrons. The van der Waals surface area contributed by atoms with E-state index < -0.39 is 11.6 Å². The Morgan fingerprint density at radius 1 is 1.32 bits per heavy atom. The van der Waals surface area contributed by atoms with Gasteiger partial charge < -0.3 is 15.2 Å². The van der Waals surface area contributed by atoms with Crippen molar-refractivity contribution in [2.45, 2.75) is 19.4 Å². The first-order chi connectivity index (χ1) is 10.3. The number of benzene rings is 1. The van der Waals surface area contributed by atoms with Gasteiger partial charge in [-0.1, -0.05) is 6.07 Å². The van der Waals surface area contributed by atoms with Crippen LogP contribution in [0.15, 0.2) is 30.3 Å². The second kappa shape index (κ2) is 6.11. The topological polar surface area (TPSA) is 88.5 Å². The van der Waals surface area contributed by atoms with E-state index in [1.165, 1.54) is 14.0 Å². The number of esters is 1. The molecule has 0 bridgehead atoms. The molecule has 6 nitrogen and oxygen atoms in total. The Balaban J connectivity index is 2.13. The zero-order chi connectivity index (χ0) is 16.3. The van der Waals surface area contributed by atoms with Gasteiger partial charge in [0, 0.05) is 16.6 Å². The summed E-state index contributed by atoms with van der Waals surface area (Å²) in [6.45, 7) is 2.95. The number of carbonyl (C=O) groups is 2. The molecule has 1 heterocycles. The lowest BCUT2D eigenvalue weighted by atomic mass is 10.1. The second-order valence-electron chi connectivity index (χ2n) is 5.31. The predicted molar refractivity (Wildman–Crippen MR) is 81.5 cm³/mol. The van der Waals surface area contributed by atoms with Crippen LogP contribution in [0.5, 0.6) is 0 Å². The normalized spacial score (nSPS) is 13.5. The number of fused-ring (bicyclic) bond motifs is 1. The number of pyridine rings is 1. The first-order valence-corrected chi connectivity index (χ1v) is 6.80. The number of hydrogen-bond donors (Lipinski definition) is 2. The number of amides is 1. The molecule has 0 aliphatic heterocycles. The quantitative estimate of drug-likeness (QED) is 0.828. The molecule has 22 heavy (non-hydrogen) atoms. The predicted octanol–water partition coefficient (Wildman–Crippen LogP) is 1.20. The minimum absolute atomic E-state index is 0.233. The Kier molecular flexibility index (Phi) is 4.42. The maximum atomic E-state index is 12.1. The van der Waals surface area contributed by atoms with Crippen molar-refractivity contribution in [2.24, 2.45) is 0 Å². The van der Waals surface area contributed by atoms with Crippen molar-refractivity contribution >= 4 is 22.8 Å². The van der Waals surface area contributed by atoms with Gasteiger partial charge in [0.25, 0.3) is 5.91 Å². The van der Waals surface area contributed by atoms with Crippen LogP contribution < -0.4 is 5.32 Å². The SMILES string of the molecule is COC(=O)C(C)(O)CNC(=O)c1ccc2nc(C)ccc2c1. The summed E-state index contributed by atoms with van der Waals surface area (Å²) in [5.41, 5.74) is 0.371. The fraction of sp³-hybridized carbons (Fsp3) is 0.312. The lowest BCUT2D eigenvalue weighted by Crippen LogP contribution is -2.47. The van der Waals surface area contributed by atoms with E-state index in [-0.39, 0.29) is 12.5 Å². The Labute approximate surface area is 128 Å². The van der Waals surface area contributed by atoms with E-state index >= 15 is 0 Å². The van der Waals surface area contributed by atoms with E-state index in [2.05, 4.69) is 15.0 Å². The summed E-state index contributed by atoms with van der Waals surface area (Å²) in [6, 6.07) is 8.88. The molecule has 1 aromatic carbocycles. The van der Waals surface area contributed by atoms with Gasteiger partial charge in [-0.05, 0) is 38.1 Å². The number of ether oxygens (including phenoxy) is 1. The van der Waals surface area contributed by atoms with Gasteiger partial charge in [-0.3, -0.25) is 9.78 Å². The van der Waals surface area contributed by atoms with Crippen LogP contribution in [0.1, 0.15) is 23.0 Å². The van der Waals surface area contributed by atoms with Gasteiger partial charge in [-0.2, -0.15) is 0 Å². The van der Waals surface area contributed by atoms with Gasteiger partial charge in [-0.15, -0.1) is 0 Å². The van der Waals surface area contributed by atoms with Crippen molar-refractivity contribution in [1.82, 2.24) is 10.3 Å². The van der Waals surface area contributed by atoms with Gasteiger partial charge in [0.15, 0.2) is 5.60 Å². The van der Waals surface area contributed by atoms with Crippen molar-refractivity contribution < 1.29 is 19.4 Å². The van der Waals surface area contributed by atoms with Gasteiger partial charge in [0.1, 0.15) is 0 Å². The number of aryl methyl sites for hydroxylation is 1. The van der Waals surface area contributed by atoms with Crippen molar-refractivity contribution in [3.8, 4) is 0 Å². The van der Waals surface area contributed by atoms with Gasteiger partial charge >= 0.3 is 5.97 Å². The molecular weight excluding hydrogens is 284 g/mol. The van der Waals surface area contributed by atoms with E-state index in [0.29, 0.717) is 5.56 Å². The summed E-state index contributed by atoms with van der Waals surface area (Å²) in [4.78, 5) is 27.8. The third kappa shape index (κ3) is 3.40. The van der Waals surface area contributed by atoms with Crippen molar-refractivity contribution in [2.75, 3.05) is 13.7 Å². The number of nitrogens with one attached hydrogen (secondary N) is 1. The second-order valence-corrected chi connectivity index (χ2v) is 5.31. The highest BCUT2D eigenvalue weighted by Gasteiger charge is 2.31. The molecule has 2 N–H and O–H groups in total. The molecule has 0 aliphatic rings. The number of aromatic nitrogens is 1. The van der Waals surface area contributed by atoms with E-state index in [1.807, 2.05) is 19.1 Å². The minimum Gasteiger partial charge on any atom is -0.467 e. The lowest BCUT2D eigenvalue weighted by molar-refractivity contribution is -0.159. The maximum absolute atomic E-state index is 12.1. The highest BCUT2D eigenvalue weighted by molar-refractivity contribution is 5.98. The number of aliphatic hydroxyl groups is 1. The zero-order valence-electron chi connectivity index (χ0n) is 12.7. The molecule has 1 aromatic heterocycles. The highest BCUT2D eigenvalue weighted by Crippen LogP contribution is 2.15. The van der Waals surface area contributed by atoms with Crippen LogP contribution in [0.2, 0.25) is 0 Å². The van der Waals surface area contributed by atoms with Crippen molar-refractivity contribution in [3.05, 3.63) is 41.6 Å². The fourth-order valence-corrected chi connectivity index (χ4v) is 2.02. The summed E-state index contributed by atoms with van der Waals surface area (Å²) in [6.07, 6.45) is 0. The maximum Gasteiger partial charge on any atom is 0.339 e. The molecule has 0 saturated heterocycles. The average molecular weight is 302 g/mol. The molecule has 2 rings (SSSR count). The van der Waals surface area contributed by atoms with E-state index in [4.69, 9.17) is 0 Å². The highest BCUT2D eigenvalue weighted by atomic mass is 16.5. The van der Waals surface area contributed by atoms with Crippen LogP contribution in [-0.4, -0.2) is 41.2 Å². The van der Waals surface area contributed by atoms with Crippen LogP contribution in [0, 0.1) is 6.92 Å². The monoisotopic (exact) mass is 302 g/mol. The summed E-state index contributed by atoms with van der Waals surface area (Å²) in [5, 5.41) is 13.2. The van der Waals surface area contributed by atoms with Crippen molar-refractivity contribution in [1.29, 1.82) is 0 Å². The first-order valence-electron chi connectivity index (χ1n) is 6.80.